The average Bonchev–Trinajstić information content (AvgIpc) is 0.763. The van der Waals surface area contributed by atoms with E-state index in [9.17, 15) is 0 Å². The predicted molar refractivity (Wildman–Crippen MR) is 443 cm³/mol. The molecule has 0 fully saturated rings. The van der Waals surface area contributed by atoms with E-state index in [-0.39, 0.29) is 0 Å². The molecule has 0 aromatic heterocycles. The van der Waals surface area contributed by atoms with Gasteiger partial charge < -0.3 is 0 Å². The lowest BCUT2D eigenvalue weighted by atomic mass is 9.86. The molecule has 0 atom stereocenters. The van der Waals surface area contributed by atoms with Gasteiger partial charge in [0.2, 0.25) is 0 Å². The molecule has 0 saturated heterocycles. The molecule has 7 aromatic rings. The molecule has 0 heterocycles. The fourth-order valence-electron chi connectivity index (χ4n) is 13.5. The largest absolute Gasteiger partial charge is 0.0654 e. The number of unbranched alkanes of at least 4 members (excludes halogenated alkanes) is 30. The van der Waals surface area contributed by atoms with Crippen LogP contribution in [0, 0.1) is 71.0 Å². The van der Waals surface area contributed by atoms with Gasteiger partial charge in [-0.05, 0) is 183 Å². The van der Waals surface area contributed by atoms with Crippen molar-refractivity contribution in [3.05, 3.63) is 246 Å². The Morgan fingerprint density at radius 1 is 0.137 bits per heavy atom. The van der Waals surface area contributed by atoms with E-state index in [1.54, 1.807) is 0 Å². The summed E-state index contributed by atoms with van der Waals surface area (Å²) in [5, 5.41) is 0. The second-order valence-corrected chi connectivity index (χ2v) is 29.0. The van der Waals surface area contributed by atoms with E-state index in [0.717, 1.165) is 71.9 Å². The fourth-order valence-corrected chi connectivity index (χ4v) is 13.5. The van der Waals surface area contributed by atoms with Crippen LogP contribution >= 0.6 is 0 Å². The first kappa shape index (κ1) is 81.2. The van der Waals surface area contributed by atoms with Crippen LogP contribution in [0.5, 0.6) is 0 Å². The highest BCUT2D eigenvalue weighted by atomic mass is 14.2. The van der Waals surface area contributed by atoms with Gasteiger partial charge in [0, 0.05) is 33.4 Å². The highest BCUT2D eigenvalue weighted by molar-refractivity contribution is 5.78. The molecule has 0 aliphatic rings. The highest BCUT2D eigenvalue weighted by Crippen LogP contribution is 2.29. The summed E-state index contributed by atoms with van der Waals surface area (Å²) in [7, 11) is 0. The van der Waals surface area contributed by atoms with Gasteiger partial charge in [0.15, 0.2) is 0 Å². The molecule has 0 amide bonds. The number of rotatable bonds is 42. The van der Waals surface area contributed by atoms with Crippen LogP contribution in [0.15, 0.2) is 146 Å². The second kappa shape index (κ2) is 51.1. The van der Waals surface area contributed by atoms with Gasteiger partial charge in [-0.15, -0.1) is 0 Å². The van der Waals surface area contributed by atoms with Crippen LogP contribution in [0.4, 0.5) is 0 Å². The standard InChI is InChI=1S/C102H126/c1-7-13-19-25-31-37-43-85-49-61-91(62-50-85)73-79-97-98(80-74-92-63-51-86(52-64-92)44-38-32-26-20-14-8-2)100(82-76-94-67-55-88(56-68-94)46-40-34-28-22-16-10-4)102(84-78-96-71-59-90(60-72-96)48-42-36-30-24-18-12-6)101(83-77-95-69-57-89(58-70-95)47-41-35-29-23-17-11-5)99(97)81-75-93-65-53-87(54-66-93)45-39-33-27-21-15-9-3/h49-72H,7-48H2,1-6H3. The van der Waals surface area contributed by atoms with Gasteiger partial charge in [0.25, 0.3) is 0 Å². The van der Waals surface area contributed by atoms with Crippen molar-refractivity contribution < 1.29 is 0 Å². The Morgan fingerprint density at radius 3 is 0.382 bits per heavy atom. The molecule has 0 heteroatoms. The van der Waals surface area contributed by atoms with Gasteiger partial charge in [-0.2, -0.15) is 0 Å². The maximum Gasteiger partial charge on any atom is 0.0588 e. The molecule has 0 N–H and O–H groups in total. The van der Waals surface area contributed by atoms with E-state index in [0.29, 0.717) is 33.4 Å². The number of aryl methyl sites for hydroxylation is 6. The lowest BCUT2D eigenvalue weighted by Gasteiger charge is -2.13. The van der Waals surface area contributed by atoms with Crippen LogP contribution in [-0.4, -0.2) is 0 Å². The van der Waals surface area contributed by atoms with Gasteiger partial charge >= 0.3 is 0 Å². The zero-order chi connectivity index (χ0) is 71.5. The van der Waals surface area contributed by atoms with Crippen molar-refractivity contribution in [3.63, 3.8) is 0 Å². The molecule has 534 valence electrons. The summed E-state index contributed by atoms with van der Waals surface area (Å²) in [6.45, 7) is 13.7. The summed E-state index contributed by atoms with van der Waals surface area (Å²) in [5.41, 5.74) is 18.0. The summed E-state index contributed by atoms with van der Waals surface area (Å²) in [4.78, 5) is 0. The number of hydrogen-bond donors (Lipinski definition) is 0. The van der Waals surface area contributed by atoms with E-state index in [2.05, 4.69) is 258 Å². The molecule has 0 saturated carbocycles. The molecule has 0 radical (unpaired) electrons. The van der Waals surface area contributed by atoms with Crippen molar-refractivity contribution in [1.29, 1.82) is 0 Å². The second-order valence-electron chi connectivity index (χ2n) is 29.0. The molecule has 0 bridgehead atoms. The first-order valence-electron chi connectivity index (χ1n) is 41.3. The van der Waals surface area contributed by atoms with Gasteiger partial charge in [-0.3, -0.25) is 0 Å². The summed E-state index contributed by atoms with van der Waals surface area (Å²) < 4.78 is 0. The van der Waals surface area contributed by atoms with Crippen LogP contribution in [0.25, 0.3) is 0 Å². The van der Waals surface area contributed by atoms with Crippen molar-refractivity contribution in [3.8, 4) is 71.0 Å². The predicted octanol–water partition coefficient (Wildman–Crippen LogP) is 27.5. The van der Waals surface area contributed by atoms with Gasteiger partial charge in [-0.25, -0.2) is 0 Å². The molecule has 102 heavy (non-hydrogen) atoms. The summed E-state index contributed by atoms with van der Waals surface area (Å²) in [5.74, 6) is 45.2. The number of benzene rings is 7. The molecule has 0 aliphatic heterocycles. The van der Waals surface area contributed by atoms with E-state index in [1.807, 2.05) is 0 Å². The summed E-state index contributed by atoms with van der Waals surface area (Å²) >= 11 is 0. The lowest BCUT2D eigenvalue weighted by molar-refractivity contribution is 0.607. The fraction of sp³-hybridized carbons (Fsp3) is 0.471. The van der Waals surface area contributed by atoms with Crippen LogP contribution < -0.4 is 0 Å². The third-order valence-corrected chi connectivity index (χ3v) is 20.1. The zero-order valence-corrected chi connectivity index (χ0v) is 64.6. The molecule has 0 unspecified atom stereocenters. The zero-order valence-electron chi connectivity index (χ0n) is 64.6. The average molecular weight is 1350 g/mol. The van der Waals surface area contributed by atoms with Crippen LogP contribution in [-0.2, 0) is 38.5 Å². The molecule has 7 rings (SSSR count). The Bertz CT molecular complexity index is 3180. The van der Waals surface area contributed by atoms with Crippen molar-refractivity contribution in [2.75, 3.05) is 0 Å². The van der Waals surface area contributed by atoms with Crippen molar-refractivity contribution in [2.24, 2.45) is 0 Å². The Hall–Kier alpha value is -8.10. The Kier molecular flexibility index (Phi) is 40.7. The lowest BCUT2D eigenvalue weighted by Crippen LogP contribution is -2.05. The maximum atomic E-state index is 3.83. The molecular weight excluding hydrogens is 1230 g/mol. The SMILES string of the molecule is CCCCCCCCc1ccc(C#Cc2c(C#Cc3ccc(CCCCCCCC)cc3)c(C#Cc3ccc(CCCCCCCC)cc3)c(C#Cc3ccc(CCCCCCCC)cc3)c(C#Cc3ccc(CCCCCCCC)cc3)c2C#Cc2ccc(CCCCCCCC)cc2)cc1. The molecular formula is C102H126. The van der Waals surface area contributed by atoms with E-state index in [1.165, 1.54) is 265 Å². The third-order valence-electron chi connectivity index (χ3n) is 20.1. The minimum absolute atomic E-state index is 0.715. The summed E-state index contributed by atoms with van der Waals surface area (Å²) in [6, 6.07) is 53.6. The van der Waals surface area contributed by atoms with Crippen LogP contribution in [0.2, 0.25) is 0 Å². The third kappa shape index (κ3) is 32.1. The van der Waals surface area contributed by atoms with Crippen molar-refractivity contribution in [1.82, 2.24) is 0 Å². The first-order chi connectivity index (χ1) is 50.4. The topological polar surface area (TPSA) is 0 Å². The van der Waals surface area contributed by atoms with Crippen LogP contribution in [0.1, 0.15) is 373 Å². The number of hydrogen-bond acceptors (Lipinski definition) is 0. The van der Waals surface area contributed by atoms with Gasteiger partial charge in [-0.1, -0.05) is 378 Å². The Balaban J connectivity index is 1.48. The normalized spacial score (nSPS) is 10.6. The highest BCUT2D eigenvalue weighted by Gasteiger charge is 2.21. The quantitative estimate of drug-likeness (QED) is 0.0264. The Labute approximate surface area is 624 Å². The van der Waals surface area contributed by atoms with Gasteiger partial charge in [0.1, 0.15) is 0 Å². The minimum atomic E-state index is 0.715. The maximum absolute atomic E-state index is 3.83. The minimum Gasteiger partial charge on any atom is -0.0654 e. The molecule has 0 nitrogen and oxygen atoms in total. The molecule has 7 aromatic carbocycles. The van der Waals surface area contributed by atoms with E-state index < -0.39 is 0 Å². The Morgan fingerprint density at radius 2 is 0.255 bits per heavy atom. The van der Waals surface area contributed by atoms with Crippen molar-refractivity contribution >= 4 is 0 Å². The van der Waals surface area contributed by atoms with Crippen LogP contribution in [0.3, 0.4) is 0 Å². The smallest absolute Gasteiger partial charge is 0.0588 e. The molecule has 0 spiro atoms. The first-order valence-corrected chi connectivity index (χ1v) is 41.3. The summed E-state index contributed by atoms with van der Waals surface area (Å²) in [6.07, 6.45) is 52.4. The monoisotopic (exact) mass is 1350 g/mol. The van der Waals surface area contributed by atoms with E-state index >= 15 is 0 Å². The van der Waals surface area contributed by atoms with Crippen molar-refractivity contribution in [2.45, 2.75) is 311 Å². The molecule has 0 aliphatic carbocycles. The van der Waals surface area contributed by atoms with E-state index in [4.69, 9.17) is 0 Å². The van der Waals surface area contributed by atoms with Gasteiger partial charge in [0.05, 0.1) is 33.4 Å².